The zero-order valence-electron chi connectivity index (χ0n) is 35.1. The normalized spacial score (nSPS) is 18.7. The third-order valence-corrected chi connectivity index (χ3v) is 12.0. The Bertz CT molecular complexity index is 2840. The largest absolute Gasteiger partial charge is 0.382 e. The summed E-state index contributed by atoms with van der Waals surface area (Å²) in [7, 11) is 0. The number of allylic oxidation sites excluding steroid dienone is 2. The molecule has 9 rings (SSSR count). The summed E-state index contributed by atoms with van der Waals surface area (Å²) in [5.41, 5.74) is 15.6. The number of carbonyl (C=O) groups excluding carboxylic acids is 4. The maximum Gasteiger partial charge on any atom is 0.331 e. The zero-order valence-corrected chi connectivity index (χ0v) is 35.1. The van der Waals surface area contributed by atoms with Crippen molar-refractivity contribution in [1.82, 2.24) is 48.5 Å². The summed E-state index contributed by atoms with van der Waals surface area (Å²) in [6.07, 6.45) is 7.31. The van der Waals surface area contributed by atoms with Gasteiger partial charge in [-0.1, -0.05) is 12.2 Å². The van der Waals surface area contributed by atoms with Gasteiger partial charge in [0.1, 0.15) is 12.1 Å². The van der Waals surface area contributed by atoms with Gasteiger partial charge in [0.2, 0.25) is 23.7 Å². The smallest absolute Gasteiger partial charge is 0.331 e. The second kappa shape index (κ2) is 15.8. The van der Waals surface area contributed by atoms with Crippen molar-refractivity contribution in [3.8, 4) is 5.69 Å². The first-order chi connectivity index (χ1) is 29.9. The number of hydrogen-bond acceptors (Lipinski definition) is 12. The number of anilines is 3. The van der Waals surface area contributed by atoms with Gasteiger partial charge >= 0.3 is 11.7 Å². The van der Waals surface area contributed by atoms with E-state index in [4.69, 9.17) is 36.4 Å². The number of benzene rings is 1. The van der Waals surface area contributed by atoms with E-state index in [0.29, 0.717) is 64.7 Å². The quantitative estimate of drug-likeness (QED) is 0.109. The molecule has 1 atom stereocenters. The number of carbonyl (C=O) groups is 4. The molecule has 21 heteroatoms. The predicted octanol–water partition coefficient (Wildman–Crippen LogP) is 1.90. The summed E-state index contributed by atoms with van der Waals surface area (Å²) in [5, 5.41) is 19.0. The van der Waals surface area contributed by atoms with Crippen LogP contribution in [-0.4, -0.2) is 112 Å². The van der Waals surface area contributed by atoms with Crippen LogP contribution in [0.2, 0.25) is 0 Å². The third kappa shape index (κ3) is 7.01. The van der Waals surface area contributed by atoms with E-state index in [0.717, 1.165) is 45.7 Å². The molecule has 2 fully saturated rings. The Hall–Kier alpha value is -7.00. The lowest BCUT2D eigenvalue weighted by Gasteiger charge is -2.22. The zero-order chi connectivity index (χ0) is 43.4. The van der Waals surface area contributed by atoms with Crippen molar-refractivity contribution in [1.29, 1.82) is 0 Å². The first-order valence-corrected chi connectivity index (χ1v) is 20.8. The molecule has 1 unspecified atom stereocenters. The Kier molecular flexibility index (Phi) is 10.3. The van der Waals surface area contributed by atoms with E-state index in [-0.39, 0.29) is 53.0 Å². The minimum Gasteiger partial charge on any atom is -0.382 e. The fraction of sp³-hybridized carbons (Fsp3) is 0.415. The van der Waals surface area contributed by atoms with Gasteiger partial charge in [-0.3, -0.25) is 39.1 Å². The number of pyridine rings is 1. The highest BCUT2D eigenvalue weighted by molar-refractivity contribution is 6.07. The van der Waals surface area contributed by atoms with Gasteiger partial charge in [0, 0.05) is 75.1 Å². The SMILES string of the molecule is CCn1nc(C)c2c1C(=O)Nc1nc3cc(C(N)=O)cc(NCCN4CCC5(CCOC5)C4)c3n1C/C=C/Cn1c(nc3cc(C(N)=O)cnc31)NC(=O)c1n(CC)nc(C)[n+]1-2. The number of nitrogens with zero attached hydrogens (tertiary/aromatic N) is 11. The van der Waals surface area contributed by atoms with Crippen LogP contribution in [-0.2, 0) is 30.9 Å². The van der Waals surface area contributed by atoms with E-state index < -0.39 is 23.6 Å². The average Bonchev–Trinajstić information content (AvgIpc) is 4.11. The number of imidazole rings is 2. The van der Waals surface area contributed by atoms with E-state index >= 15 is 0 Å². The lowest BCUT2D eigenvalue weighted by Crippen LogP contribution is -2.44. The average molecular weight is 846 g/mol. The molecule has 2 saturated heterocycles. The summed E-state index contributed by atoms with van der Waals surface area (Å²) in [6.45, 7) is 13.2. The van der Waals surface area contributed by atoms with Crippen LogP contribution in [0, 0.1) is 19.3 Å². The standard InChI is InChI=1S/C41H48N16O5/c1-5-55-32-30(23(3)50-55)57-24(4)51-56(6-2)38(57)37(61)49-40-47-29-19-26(34(43)59)20-45-35(29)54(40)13-8-7-12-53-31-27(44-11-15-52-14-9-41(21-52)10-16-62-22-41)17-25(33(42)58)18-28(31)46-39(53)48-36(32)60/h7-8,17-20,44H,5-6,9-16,21-22H2,1-4H3,(H5-,42,43,46,47,48,49,58,59,60,61)/p+1/b8-7+. The van der Waals surface area contributed by atoms with E-state index in [9.17, 15) is 19.2 Å². The lowest BCUT2D eigenvalue weighted by molar-refractivity contribution is -0.606. The second-order valence-corrected chi connectivity index (χ2v) is 16.0. The molecular formula is C41H49N16O5+. The van der Waals surface area contributed by atoms with Crippen LogP contribution >= 0.6 is 0 Å². The molecule has 4 amide bonds. The number of likely N-dealkylation sites (tertiary alicyclic amines) is 1. The highest BCUT2D eigenvalue weighted by Gasteiger charge is 2.41. The maximum atomic E-state index is 14.8. The molecule has 3 aliphatic rings. The van der Waals surface area contributed by atoms with Gasteiger partial charge in [0.15, 0.2) is 17.0 Å². The van der Waals surface area contributed by atoms with Crippen LogP contribution in [0.25, 0.3) is 27.9 Å². The summed E-state index contributed by atoms with van der Waals surface area (Å²) >= 11 is 0. The number of nitrogens with one attached hydrogen (secondary N) is 3. The number of primary amides is 2. The Labute approximate surface area is 355 Å². The summed E-state index contributed by atoms with van der Waals surface area (Å²) in [5.74, 6) is -1.46. The number of amides is 4. The molecule has 1 aromatic carbocycles. The van der Waals surface area contributed by atoms with E-state index in [1.807, 2.05) is 30.6 Å². The molecular weight excluding hydrogens is 797 g/mol. The molecule has 7 N–H and O–H groups in total. The first kappa shape index (κ1) is 40.4. The fourth-order valence-corrected chi connectivity index (χ4v) is 8.99. The van der Waals surface area contributed by atoms with E-state index in [1.54, 1.807) is 44.5 Å². The summed E-state index contributed by atoms with van der Waals surface area (Å²) in [6, 6.07) is 4.87. The molecule has 5 aromatic heterocycles. The van der Waals surface area contributed by atoms with Gasteiger partial charge in [-0.2, -0.15) is 9.67 Å². The molecule has 62 heavy (non-hydrogen) atoms. The van der Waals surface area contributed by atoms with Crippen molar-refractivity contribution in [2.45, 2.75) is 66.7 Å². The monoisotopic (exact) mass is 845 g/mol. The highest BCUT2D eigenvalue weighted by atomic mass is 16.5. The first-order valence-electron chi connectivity index (χ1n) is 20.8. The minimum absolute atomic E-state index is 0.118. The van der Waals surface area contributed by atoms with Gasteiger partial charge in [-0.15, -0.1) is 4.68 Å². The number of rotatable bonds is 8. The van der Waals surface area contributed by atoms with Gasteiger partial charge in [0.05, 0.1) is 34.6 Å². The molecule has 1 spiro atoms. The van der Waals surface area contributed by atoms with Crippen LogP contribution in [0.5, 0.6) is 0 Å². The molecule has 0 bridgehead atoms. The van der Waals surface area contributed by atoms with Crippen LogP contribution in [0.4, 0.5) is 17.6 Å². The Morgan fingerprint density at radius 3 is 2.34 bits per heavy atom. The number of aromatic nitrogens is 10. The number of nitrogens with two attached hydrogens (primary N) is 2. The molecule has 8 heterocycles. The highest BCUT2D eigenvalue weighted by Crippen LogP contribution is 2.38. The topological polar surface area (TPSA) is 257 Å². The number of hydrogen-bond donors (Lipinski definition) is 5. The second-order valence-electron chi connectivity index (χ2n) is 16.0. The Balaban J connectivity index is 1.19. The molecule has 21 nitrogen and oxygen atoms in total. The molecule has 0 saturated carbocycles. The summed E-state index contributed by atoms with van der Waals surface area (Å²) in [4.78, 5) is 70.7. The number of aryl methyl sites for hydroxylation is 4. The van der Waals surface area contributed by atoms with Crippen LogP contribution in [0.1, 0.15) is 80.0 Å². The van der Waals surface area contributed by atoms with Crippen LogP contribution in [0.15, 0.2) is 36.5 Å². The minimum atomic E-state index is -0.668. The van der Waals surface area contributed by atoms with Crippen molar-refractivity contribution in [2.24, 2.45) is 16.9 Å². The van der Waals surface area contributed by atoms with E-state index in [1.165, 1.54) is 12.3 Å². The molecule has 322 valence electrons. The lowest BCUT2D eigenvalue weighted by atomic mass is 9.87. The third-order valence-electron chi connectivity index (χ3n) is 12.0. The van der Waals surface area contributed by atoms with Crippen LogP contribution in [0.3, 0.4) is 0 Å². The van der Waals surface area contributed by atoms with Crippen molar-refractivity contribution < 1.29 is 28.5 Å². The molecule has 0 aliphatic carbocycles. The molecule has 3 aliphatic heterocycles. The summed E-state index contributed by atoms with van der Waals surface area (Å²) < 4.78 is 14.1. The van der Waals surface area contributed by atoms with Gasteiger partial charge < -0.3 is 31.0 Å². The van der Waals surface area contributed by atoms with Crippen molar-refractivity contribution in [3.63, 3.8) is 0 Å². The van der Waals surface area contributed by atoms with Gasteiger partial charge in [-0.25, -0.2) is 15.0 Å². The van der Waals surface area contributed by atoms with Crippen molar-refractivity contribution >= 4 is 63.4 Å². The van der Waals surface area contributed by atoms with Crippen LogP contribution < -0.4 is 32.0 Å². The molecule has 0 radical (unpaired) electrons. The maximum absolute atomic E-state index is 14.8. The van der Waals surface area contributed by atoms with Gasteiger partial charge in [0.25, 0.3) is 11.7 Å². The van der Waals surface area contributed by atoms with E-state index in [2.05, 4.69) is 25.8 Å². The van der Waals surface area contributed by atoms with Crippen molar-refractivity contribution in [2.75, 3.05) is 55.3 Å². The van der Waals surface area contributed by atoms with Crippen molar-refractivity contribution in [3.05, 3.63) is 70.7 Å². The Morgan fingerprint density at radius 1 is 0.903 bits per heavy atom. The number of ether oxygens (including phenoxy) is 1. The van der Waals surface area contributed by atoms with Gasteiger partial charge in [-0.05, 0) is 58.4 Å². The predicted molar refractivity (Wildman–Crippen MR) is 227 cm³/mol. The Morgan fingerprint density at radius 2 is 1.61 bits per heavy atom. The number of fused-ring (bicyclic) bond motifs is 9. The molecule has 6 aromatic rings. The fourth-order valence-electron chi connectivity index (χ4n) is 8.99.